The lowest BCUT2D eigenvalue weighted by Gasteiger charge is -2.14. The van der Waals surface area contributed by atoms with Gasteiger partial charge in [-0.2, -0.15) is 11.3 Å². The first-order valence-corrected chi connectivity index (χ1v) is 6.51. The van der Waals surface area contributed by atoms with Gasteiger partial charge < -0.3 is 4.74 Å². The molecule has 0 aliphatic carbocycles. The van der Waals surface area contributed by atoms with Crippen LogP contribution in [0.25, 0.3) is 0 Å². The van der Waals surface area contributed by atoms with Gasteiger partial charge in [0.05, 0.1) is 12.5 Å². The monoisotopic (exact) mass is 270 g/mol. The zero-order chi connectivity index (χ0) is 12.4. The van der Waals surface area contributed by atoms with E-state index in [1.165, 1.54) is 12.1 Å². The van der Waals surface area contributed by atoms with E-state index in [0.717, 1.165) is 11.1 Å². The number of methoxy groups -OCH3 is 1. The number of rotatable bonds is 3. The molecule has 1 heterocycles. The number of ether oxygens (including phenoxy) is 1. The SMILES string of the molecule is COc1ccc(F)cc1C(Cl)c1cscc1C. The van der Waals surface area contributed by atoms with E-state index in [2.05, 4.69) is 0 Å². The average molecular weight is 271 g/mol. The molecule has 90 valence electrons. The van der Waals surface area contributed by atoms with Crippen LogP contribution in [0.3, 0.4) is 0 Å². The highest BCUT2D eigenvalue weighted by Gasteiger charge is 2.18. The predicted molar refractivity (Wildman–Crippen MR) is 69.7 cm³/mol. The van der Waals surface area contributed by atoms with Crippen molar-refractivity contribution in [3.05, 3.63) is 51.5 Å². The summed E-state index contributed by atoms with van der Waals surface area (Å²) >= 11 is 7.98. The van der Waals surface area contributed by atoms with Crippen molar-refractivity contribution in [3.63, 3.8) is 0 Å². The Bertz CT molecular complexity index is 524. The molecule has 0 N–H and O–H groups in total. The molecule has 4 heteroatoms. The fraction of sp³-hybridized carbons (Fsp3) is 0.231. The maximum absolute atomic E-state index is 13.3. The minimum absolute atomic E-state index is 0.306. The molecule has 0 aliphatic heterocycles. The smallest absolute Gasteiger partial charge is 0.124 e. The van der Waals surface area contributed by atoms with Crippen molar-refractivity contribution < 1.29 is 9.13 Å². The molecule has 1 aromatic heterocycles. The molecular formula is C13H12ClFOS. The van der Waals surface area contributed by atoms with Crippen LogP contribution in [0.1, 0.15) is 22.1 Å². The standard InChI is InChI=1S/C13H12ClFOS/c1-8-6-17-7-11(8)13(14)10-5-9(15)3-4-12(10)16-2/h3-7,13H,1-2H3. The van der Waals surface area contributed by atoms with E-state index in [1.807, 2.05) is 17.7 Å². The van der Waals surface area contributed by atoms with Gasteiger partial charge in [-0.05, 0) is 47.0 Å². The van der Waals surface area contributed by atoms with E-state index in [4.69, 9.17) is 16.3 Å². The topological polar surface area (TPSA) is 9.23 Å². The Morgan fingerprint density at radius 1 is 1.29 bits per heavy atom. The fourth-order valence-corrected chi connectivity index (χ4v) is 3.06. The summed E-state index contributed by atoms with van der Waals surface area (Å²) in [4.78, 5) is 0. The lowest BCUT2D eigenvalue weighted by Crippen LogP contribution is -1.98. The van der Waals surface area contributed by atoms with E-state index in [-0.39, 0.29) is 11.2 Å². The summed E-state index contributed by atoms with van der Waals surface area (Å²) in [7, 11) is 1.56. The highest BCUT2D eigenvalue weighted by Crippen LogP contribution is 2.37. The van der Waals surface area contributed by atoms with E-state index < -0.39 is 0 Å². The molecule has 0 radical (unpaired) electrons. The first-order valence-electron chi connectivity index (χ1n) is 5.13. The van der Waals surface area contributed by atoms with Crippen LogP contribution in [-0.4, -0.2) is 7.11 Å². The number of halogens is 2. The van der Waals surface area contributed by atoms with Crippen molar-refractivity contribution in [2.75, 3.05) is 7.11 Å². The molecule has 0 bridgehead atoms. The van der Waals surface area contributed by atoms with Crippen LogP contribution in [0, 0.1) is 12.7 Å². The van der Waals surface area contributed by atoms with Crippen LogP contribution in [0.2, 0.25) is 0 Å². The highest BCUT2D eigenvalue weighted by molar-refractivity contribution is 7.08. The van der Waals surface area contributed by atoms with Crippen molar-refractivity contribution in [2.24, 2.45) is 0 Å². The molecule has 0 saturated carbocycles. The zero-order valence-electron chi connectivity index (χ0n) is 9.54. The molecule has 0 fully saturated rings. The third-order valence-corrected chi connectivity index (χ3v) is 3.98. The maximum Gasteiger partial charge on any atom is 0.124 e. The highest BCUT2D eigenvalue weighted by atomic mass is 35.5. The van der Waals surface area contributed by atoms with Crippen molar-refractivity contribution in [3.8, 4) is 5.75 Å². The third-order valence-electron chi connectivity index (χ3n) is 2.63. The Kier molecular flexibility index (Phi) is 3.69. The van der Waals surface area contributed by atoms with Crippen molar-refractivity contribution in [2.45, 2.75) is 12.3 Å². The zero-order valence-corrected chi connectivity index (χ0v) is 11.1. The van der Waals surface area contributed by atoms with E-state index >= 15 is 0 Å². The first-order chi connectivity index (χ1) is 8.13. The Balaban J connectivity index is 2.46. The maximum atomic E-state index is 13.3. The van der Waals surface area contributed by atoms with Gasteiger partial charge in [0.25, 0.3) is 0 Å². The lowest BCUT2D eigenvalue weighted by molar-refractivity contribution is 0.409. The van der Waals surface area contributed by atoms with Gasteiger partial charge in [-0.25, -0.2) is 4.39 Å². The lowest BCUT2D eigenvalue weighted by atomic mass is 10.0. The third kappa shape index (κ3) is 2.45. The van der Waals surface area contributed by atoms with Gasteiger partial charge in [0, 0.05) is 5.56 Å². The molecule has 1 aromatic carbocycles. The Morgan fingerprint density at radius 3 is 2.65 bits per heavy atom. The Morgan fingerprint density at radius 2 is 2.06 bits per heavy atom. The number of aryl methyl sites for hydroxylation is 1. The van der Waals surface area contributed by atoms with Crippen LogP contribution < -0.4 is 4.74 Å². The van der Waals surface area contributed by atoms with Gasteiger partial charge in [0.2, 0.25) is 0 Å². The minimum atomic E-state index is -0.383. The Hall–Kier alpha value is -1.06. The van der Waals surface area contributed by atoms with Crippen molar-refractivity contribution in [1.29, 1.82) is 0 Å². The first kappa shape index (κ1) is 12.4. The summed E-state index contributed by atoms with van der Waals surface area (Å²) in [6.45, 7) is 1.99. The summed E-state index contributed by atoms with van der Waals surface area (Å²) in [6.07, 6.45) is 0. The molecule has 1 unspecified atom stereocenters. The van der Waals surface area contributed by atoms with Gasteiger partial charge in [0.15, 0.2) is 0 Å². The summed E-state index contributed by atoms with van der Waals surface area (Å²) < 4.78 is 18.5. The van der Waals surface area contributed by atoms with Gasteiger partial charge in [0.1, 0.15) is 11.6 Å². The molecule has 2 rings (SSSR count). The number of thiophene rings is 1. The normalized spacial score (nSPS) is 12.5. The molecule has 1 atom stereocenters. The molecular weight excluding hydrogens is 259 g/mol. The predicted octanol–water partition coefficient (Wildman–Crippen LogP) is 4.53. The van der Waals surface area contributed by atoms with Crippen LogP contribution >= 0.6 is 22.9 Å². The van der Waals surface area contributed by atoms with E-state index in [1.54, 1.807) is 24.5 Å². The number of alkyl halides is 1. The van der Waals surface area contributed by atoms with Crippen molar-refractivity contribution in [1.82, 2.24) is 0 Å². The summed E-state index contributed by atoms with van der Waals surface area (Å²) in [6, 6.07) is 4.39. The van der Waals surface area contributed by atoms with Crippen LogP contribution in [0.4, 0.5) is 4.39 Å². The summed E-state index contributed by atoms with van der Waals surface area (Å²) in [5, 5.41) is 3.63. The molecule has 1 nitrogen and oxygen atoms in total. The average Bonchev–Trinajstić information content (AvgIpc) is 2.74. The van der Waals surface area contributed by atoms with E-state index in [0.29, 0.717) is 11.3 Å². The molecule has 0 spiro atoms. The molecule has 2 aromatic rings. The summed E-state index contributed by atoms with van der Waals surface area (Å²) in [5.41, 5.74) is 2.78. The summed E-state index contributed by atoms with van der Waals surface area (Å²) in [5.74, 6) is 0.302. The van der Waals surface area contributed by atoms with E-state index in [9.17, 15) is 4.39 Å². The molecule has 0 saturated heterocycles. The second-order valence-electron chi connectivity index (χ2n) is 3.76. The van der Waals surface area contributed by atoms with Crippen LogP contribution in [0.15, 0.2) is 29.0 Å². The minimum Gasteiger partial charge on any atom is -0.496 e. The van der Waals surface area contributed by atoms with Gasteiger partial charge in [-0.15, -0.1) is 11.6 Å². The molecule has 0 amide bonds. The largest absolute Gasteiger partial charge is 0.496 e. The van der Waals surface area contributed by atoms with Gasteiger partial charge in [-0.1, -0.05) is 0 Å². The number of hydrogen-bond acceptors (Lipinski definition) is 2. The van der Waals surface area contributed by atoms with Gasteiger partial charge in [-0.3, -0.25) is 0 Å². The second kappa shape index (κ2) is 5.07. The van der Waals surface area contributed by atoms with Crippen LogP contribution in [-0.2, 0) is 0 Å². The van der Waals surface area contributed by atoms with Gasteiger partial charge >= 0.3 is 0 Å². The quantitative estimate of drug-likeness (QED) is 0.745. The number of benzene rings is 1. The van der Waals surface area contributed by atoms with Crippen LogP contribution in [0.5, 0.6) is 5.75 Å². The second-order valence-corrected chi connectivity index (χ2v) is 4.94. The number of hydrogen-bond donors (Lipinski definition) is 0. The molecule has 17 heavy (non-hydrogen) atoms. The molecule has 0 aliphatic rings. The Labute approximate surface area is 109 Å². The fourth-order valence-electron chi connectivity index (χ4n) is 1.70. The van der Waals surface area contributed by atoms with Crippen molar-refractivity contribution >= 4 is 22.9 Å².